The molecule has 1 aliphatic heterocycles. The lowest BCUT2D eigenvalue weighted by Crippen LogP contribution is -2.18. The van der Waals surface area contributed by atoms with E-state index < -0.39 is 0 Å². The Labute approximate surface area is 243 Å². The van der Waals surface area contributed by atoms with Gasteiger partial charge in [0.2, 0.25) is 0 Å². The van der Waals surface area contributed by atoms with E-state index in [0.29, 0.717) is 12.4 Å². The van der Waals surface area contributed by atoms with Gasteiger partial charge in [0, 0.05) is 33.9 Å². The molecule has 1 aliphatic rings. The number of benzene rings is 4. The third-order valence-electron chi connectivity index (χ3n) is 7.17. The van der Waals surface area contributed by atoms with E-state index in [9.17, 15) is 0 Å². The van der Waals surface area contributed by atoms with E-state index in [2.05, 4.69) is 45.0 Å². The second-order valence-corrected chi connectivity index (χ2v) is 10.9. The van der Waals surface area contributed by atoms with Crippen LogP contribution in [0.25, 0.3) is 21.8 Å². The van der Waals surface area contributed by atoms with Crippen molar-refractivity contribution >= 4 is 56.6 Å². The molecular formula is C32H30Cl2N6. The molecule has 0 aliphatic carbocycles. The first-order chi connectivity index (χ1) is 19.5. The van der Waals surface area contributed by atoms with Crippen molar-refractivity contribution in [1.82, 2.24) is 19.6 Å². The molecule has 6 aromatic rings. The monoisotopic (exact) mass is 568 g/mol. The number of anilines is 2. The van der Waals surface area contributed by atoms with E-state index >= 15 is 0 Å². The van der Waals surface area contributed by atoms with Gasteiger partial charge in [-0.1, -0.05) is 71.7 Å². The molecule has 8 heteroatoms. The Balaban J connectivity index is 0.000000148. The number of rotatable bonds is 5. The molecule has 0 unspecified atom stereocenters. The van der Waals surface area contributed by atoms with Crippen LogP contribution in [0.3, 0.4) is 0 Å². The lowest BCUT2D eigenvalue weighted by molar-refractivity contribution is 0.705. The highest BCUT2D eigenvalue weighted by atomic mass is 35.5. The highest BCUT2D eigenvalue weighted by molar-refractivity contribution is 6.30. The molecule has 202 valence electrons. The van der Waals surface area contributed by atoms with Gasteiger partial charge in [0.15, 0.2) is 11.6 Å². The van der Waals surface area contributed by atoms with Gasteiger partial charge in [-0.3, -0.25) is 9.36 Å². The van der Waals surface area contributed by atoms with Crippen LogP contribution in [-0.2, 0) is 13.1 Å². The largest absolute Gasteiger partial charge is 0.382 e. The molecule has 4 aromatic carbocycles. The second-order valence-electron chi connectivity index (χ2n) is 10.0. The fourth-order valence-electron chi connectivity index (χ4n) is 5.28. The molecule has 2 aromatic heterocycles. The summed E-state index contributed by atoms with van der Waals surface area (Å²) in [6.45, 7) is 3.63. The topological polar surface area (TPSA) is 64.9 Å². The van der Waals surface area contributed by atoms with Crippen molar-refractivity contribution in [2.75, 3.05) is 23.7 Å². The third-order valence-corrected chi connectivity index (χ3v) is 7.64. The van der Waals surface area contributed by atoms with Crippen LogP contribution in [0.2, 0.25) is 10.0 Å². The third kappa shape index (κ3) is 5.64. The molecule has 6 nitrogen and oxygen atoms in total. The first kappa shape index (κ1) is 26.2. The molecule has 0 atom stereocenters. The van der Waals surface area contributed by atoms with Crippen LogP contribution in [0, 0.1) is 0 Å². The number of hydrogen-bond donors (Lipinski definition) is 1. The van der Waals surface area contributed by atoms with Gasteiger partial charge < -0.3 is 10.6 Å². The van der Waals surface area contributed by atoms with E-state index in [1.165, 1.54) is 29.3 Å². The van der Waals surface area contributed by atoms with Crippen molar-refractivity contribution in [2.45, 2.75) is 25.9 Å². The predicted molar refractivity (Wildman–Crippen MR) is 166 cm³/mol. The van der Waals surface area contributed by atoms with Crippen molar-refractivity contribution < 1.29 is 0 Å². The van der Waals surface area contributed by atoms with Gasteiger partial charge in [-0.2, -0.15) is 10.2 Å². The minimum atomic E-state index is 0.563. The van der Waals surface area contributed by atoms with Crippen LogP contribution >= 0.6 is 23.2 Å². The standard InChI is InChI=1S/C18H18ClN3.C14H12ClN3/c19-15-7-5-6-14(12-15)13-22-17-9-2-1-8-16(17)18(20-22)21-10-3-4-11-21;15-11-5-3-4-10(8-11)9-18-13-7-2-1-6-12(13)14(16)17-18/h1-2,5-9,12H,3-4,10-11,13H2;1-8H,9H2,(H2,16,17). The molecule has 1 fully saturated rings. The molecule has 1 saturated heterocycles. The van der Waals surface area contributed by atoms with Crippen LogP contribution in [0.15, 0.2) is 97.1 Å². The Bertz CT molecular complexity index is 1770. The summed E-state index contributed by atoms with van der Waals surface area (Å²) >= 11 is 12.1. The Morgan fingerprint density at radius 3 is 1.75 bits per heavy atom. The molecule has 0 spiro atoms. The number of nitrogens with two attached hydrogens (primary N) is 1. The minimum Gasteiger partial charge on any atom is -0.382 e. The van der Waals surface area contributed by atoms with Crippen molar-refractivity contribution in [1.29, 1.82) is 0 Å². The molecule has 0 saturated carbocycles. The smallest absolute Gasteiger partial charge is 0.158 e. The van der Waals surface area contributed by atoms with Gasteiger partial charge >= 0.3 is 0 Å². The Morgan fingerprint density at radius 2 is 1.15 bits per heavy atom. The summed E-state index contributed by atoms with van der Waals surface area (Å²) in [4.78, 5) is 2.40. The Morgan fingerprint density at radius 1 is 0.625 bits per heavy atom. The summed E-state index contributed by atoms with van der Waals surface area (Å²) in [7, 11) is 0. The van der Waals surface area contributed by atoms with Crippen LogP contribution in [-0.4, -0.2) is 32.7 Å². The first-order valence-corrected chi connectivity index (χ1v) is 14.2. The van der Waals surface area contributed by atoms with Crippen molar-refractivity contribution in [2.24, 2.45) is 0 Å². The lowest BCUT2D eigenvalue weighted by atomic mass is 10.2. The summed E-state index contributed by atoms with van der Waals surface area (Å²) in [6, 6.07) is 32.2. The van der Waals surface area contributed by atoms with Crippen molar-refractivity contribution in [3.8, 4) is 0 Å². The zero-order valence-electron chi connectivity index (χ0n) is 22.0. The second kappa shape index (κ2) is 11.6. The van der Waals surface area contributed by atoms with Gasteiger partial charge in [0.05, 0.1) is 24.1 Å². The summed E-state index contributed by atoms with van der Waals surface area (Å²) in [5, 5.41) is 13.0. The van der Waals surface area contributed by atoms with Gasteiger partial charge in [-0.25, -0.2) is 0 Å². The number of para-hydroxylation sites is 2. The van der Waals surface area contributed by atoms with Crippen LogP contribution in [0.4, 0.5) is 11.6 Å². The molecule has 40 heavy (non-hydrogen) atoms. The first-order valence-electron chi connectivity index (χ1n) is 13.5. The Hall–Kier alpha value is -4.00. The number of aromatic nitrogens is 4. The number of nitrogens with zero attached hydrogens (tertiary/aromatic N) is 5. The SMILES string of the molecule is Clc1cccc(Cn2nc(N3CCCC3)c3ccccc32)c1.Nc1nn(Cc2cccc(Cl)c2)c2ccccc12. The number of fused-ring (bicyclic) bond motifs is 2. The maximum atomic E-state index is 6.10. The lowest BCUT2D eigenvalue weighted by Gasteiger charge is -2.14. The number of hydrogen-bond acceptors (Lipinski definition) is 4. The normalized spacial score (nSPS) is 13.1. The molecule has 3 heterocycles. The van der Waals surface area contributed by atoms with E-state index in [0.717, 1.165) is 52.0 Å². The van der Waals surface area contributed by atoms with Gasteiger partial charge in [-0.15, -0.1) is 0 Å². The van der Waals surface area contributed by atoms with Gasteiger partial charge in [0.1, 0.15) is 0 Å². The van der Waals surface area contributed by atoms with E-state index in [1.807, 2.05) is 71.4 Å². The van der Waals surface area contributed by atoms with Gasteiger partial charge in [0.25, 0.3) is 0 Å². The van der Waals surface area contributed by atoms with E-state index in [-0.39, 0.29) is 0 Å². The number of nitrogen functional groups attached to an aromatic ring is 1. The molecule has 0 bridgehead atoms. The maximum absolute atomic E-state index is 6.10. The zero-order valence-corrected chi connectivity index (χ0v) is 23.6. The quantitative estimate of drug-likeness (QED) is 0.232. The fraction of sp³-hybridized carbons (Fsp3) is 0.188. The fourth-order valence-corrected chi connectivity index (χ4v) is 5.71. The van der Waals surface area contributed by atoms with E-state index in [1.54, 1.807) is 0 Å². The summed E-state index contributed by atoms with van der Waals surface area (Å²) in [5.74, 6) is 1.68. The van der Waals surface area contributed by atoms with Crippen LogP contribution in [0.5, 0.6) is 0 Å². The summed E-state index contributed by atoms with van der Waals surface area (Å²) in [6.07, 6.45) is 2.52. The highest BCUT2D eigenvalue weighted by Crippen LogP contribution is 2.29. The maximum Gasteiger partial charge on any atom is 0.158 e. The molecule has 2 N–H and O–H groups in total. The van der Waals surface area contributed by atoms with Gasteiger partial charge in [-0.05, 0) is 72.5 Å². The van der Waals surface area contributed by atoms with Crippen molar-refractivity contribution in [3.05, 3.63) is 118 Å². The van der Waals surface area contributed by atoms with Crippen LogP contribution < -0.4 is 10.6 Å². The average molecular weight is 570 g/mol. The molecule has 0 amide bonds. The van der Waals surface area contributed by atoms with Crippen LogP contribution in [0.1, 0.15) is 24.0 Å². The minimum absolute atomic E-state index is 0.563. The van der Waals surface area contributed by atoms with E-state index in [4.69, 9.17) is 34.0 Å². The zero-order chi connectivity index (χ0) is 27.5. The molecular weight excluding hydrogens is 539 g/mol. The predicted octanol–water partition coefficient (Wildman–Crippen LogP) is 7.66. The highest BCUT2D eigenvalue weighted by Gasteiger charge is 2.19. The van der Waals surface area contributed by atoms with Crippen molar-refractivity contribution in [3.63, 3.8) is 0 Å². The average Bonchev–Trinajstić information content (AvgIpc) is 3.69. The summed E-state index contributed by atoms with van der Waals surface area (Å²) < 4.78 is 3.99. The number of halogens is 2. The molecule has 7 rings (SSSR count). The molecule has 0 radical (unpaired) electrons. The summed E-state index contributed by atoms with van der Waals surface area (Å²) in [5.41, 5.74) is 10.4. The Kier molecular flexibility index (Phi) is 7.62.